The van der Waals surface area contributed by atoms with Gasteiger partial charge in [-0.1, -0.05) is 0 Å². The summed E-state index contributed by atoms with van der Waals surface area (Å²) in [5, 5.41) is 0. The standard InChI is InChI=1S/C10H18N2O3S/c1-8(13)9-3-2-6-12(7-9)16(14,15)11-10-4-5-10/h9-11H,2-7H2,1H3. The molecule has 2 rings (SSSR count). The molecule has 0 aromatic carbocycles. The molecule has 6 heteroatoms. The molecule has 0 radical (unpaired) electrons. The Labute approximate surface area is 96.4 Å². The summed E-state index contributed by atoms with van der Waals surface area (Å²) >= 11 is 0. The molecule has 2 aliphatic rings. The molecule has 2 fully saturated rings. The maximum atomic E-state index is 11.9. The average Bonchev–Trinajstić information content (AvgIpc) is 3.01. The smallest absolute Gasteiger partial charge is 0.279 e. The second-order valence-electron chi connectivity index (χ2n) is 4.70. The van der Waals surface area contributed by atoms with Crippen LogP contribution < -0.4 is 4.72 Å². The van der Waals surface area contributed by atoms with Crippen molar-refractivity contribution in [2.75, 3.05) is 13.1 Å². The molecule has 0 bridgehead atoms. The van der Waals surface area contributed by atoms with Crippen LogP contribution in [0.15, 0.2) is 0 Å². The van der Waals surface area contributed by atoms with Gasteiger partial charge in [0.05, 0.1) is 0 Å². The van der Waals surface area contributed by atoms with Crippen molar-refractivity contribution in [1.82, 2.24) is 9.03 Å². The molecule has 0 aromatic rings. The first-order valence-electron chi connectivity index (χ1n) is 5.77. The van der Waals surface area contributed by atoms with Crippen molar-refractivity contribution in [2.24, 2.45) is 5.92 Å². The van der Waals surface area contributed by atoms with E-state index in [9.17, 15) is 13.2 Å². The number of piperidine rings is 1. The van der Waals surface area contributed by atoms with Gasteiger partial charge in [0.25, 0.3) is 10.2 Å². The first kappa shape index (κ1) is 12.0. The predicted molar refractivity (Wildman–Crippen MR) is 60.1 cm³/mol. The Hall–Kier alpha value is -0.460. The molecule has 1 N–H and O–H groups in total. The second kappa shape index (κ2) is 4.43. The Bertz CT molecular complexity index is 376. The molecule has 92 valence electrons. The van der Waals surface area contributed by atoms with Crippen molar-refractivity contribution in [3.8, 4) is 0 Å². The van der Waals surface area contributed by atoms with E-state index in [1.165, 1.54) is 11.2 Å². The van der Waals surface area contributed by atoms with Gasteiger partial charge in [0.15, 0.2) is 0 Å². The van der Waals surface area contributed by atoms with E-state index < -0.39 is 10.2 Å². The minimum atomic E-state index is -3.36. The van der Waals surface area contributed by atoms with Gasteiger partial charge in [-0.05, 0) is 32.6 Å². The third-order valence-electron chi connectivity index (χ3n) is 3.19. The summed E-state index contributed by atoms with van der Waals surface area (Å²) in [6, 6.07) is 0.128. The molecule has 5 nitrogen and oxygen atoms in total. The molecule has 1 unspecified atom stereocenters. The summed E-state index contributed by atoms with van der Waals surface area (Å²) in [5.41, 5.74) is 0. The number of hydrogen-bond donors (Lipinski definition) is 1. The van der Waals surface area contributed by atoms with Crippen LogP contribution in [0, 0.1) is 5.92 Å². The quantitative estimate of drug-likeness (QED) is 0.775. The van der Waals surface area contributed by atoms with E-state index in [1.807, 2.05) is 0 Å². The van der Waals surface area contributed by atoms with Gasteiger partial charge in [-0.25, -0.2) is 0 Å². The van der Waals surface area contributed by atoms with E-state index in [4.69, 9.17) is 0 Å². The Kier molecular flexibility index (Phi) is 3.32. The molecule has 1 atom stereocenters. The highest BCUT2D eigenvalue weighted by Gasteiger charge is 2.34. The summed E-state index contributed by atoms with van der Waals surface area (Å²) in [6.07, 6.45) is 3.45. The molecule has 0 aromatic heterocycles. The molecule has 0 amide bonds. The molecule has 0 spiro atoms. The number of nitrogens with one attached hydrogen (secondary N) is 1. The number of hydrogen-bond acceptors (Lipinski definition) is 3. The van der Waals surface area contributed by atoms with Gasteiger partial charge in [0.2, 0.25) is 0 Å². The highest BCUT2D eigenvalue weighted by molar-refractivity contribution is 7.87. The molecule has 1 aliphatic carbocycles. The number of Topliss-reactive ketones (excluding diaryl/α,β-unsaturated/α-hetero) is 1. The van der Waals surface area contributed by atoms with Crippen molar-refractivity contribution < 1.29 is 13.2 Å². The monoisotopic (exact) mass is 246 g/mol. The lowest BCUT2D eigenvalue weighted by Gasteiger charge is -2.30. The first-order valence-corrected chi connectivity index (χ1v) is 7.21. The summed E-state index contributed by atoms with van der Waals surface area (Å²) in [5.74, 6) is -0.0316. The zero-order valence-electron chi connectivity index (χ0n) is 9.48. The Morgan fingerprint density at radius 1 is 1.31 bits per heavy atom. The zero-order valence-corrected chi connectivity index (χ0v) is 10.3. The first-order chi connectivity index (χ1) is 7.49. The summed E-state index contributed by atoms with van der Waals surface area (Å²) < 4.78 is 27.9. The van der Waals surface area contributed by atoms with Gasteiger partial charge < -0.3 is 0 Å². The molecule has 16 heavy (non-hydrogen) atoms. The highest BCUT2D eigenvalue weighted by Crippen LogP contribution is 2.23. The van der Waals surface area contributed by atoms with Crippen molar-refractivity contribution in [3.63, 3.8) is 0 Å². The van der Waals surface area contributed by atoms with Crippen LogP contribution in [0.25, 0.3) is 0 Å². The van der Waals surface area contributed by atoms with Crippen LogP contribution in [-0.4, -0.2) is 37.6 Å². The van der Waals surface area contributed by atoms with Crippen LogP contribution >= 0.6 is 0 Å². The van der Waals surface area contributed by atoms with Crippen LogP contribution in [0.1, 0.15) is 32.6 Å². The van der Waals surface area contributed by atoms with Crippen LogP contribution in [0.4, 0.5) is 0 Å². The van der Waals surface area contributed by atoms with Crippen molar-refractivity contribution in [3.05, 3.63) is 0 Å². The fraction of sp³-hybridized carbons (Fsp3) is 0.900. The Balaban J connectivity index is 1.99. The lowest BCUT2D eigenvalue weighted by Crippen LogP contribution is -2.47. The van der Waals surface area contributed by atoms with E-state index in [2.05, 4.69) is 4.72 Å². The van der Waals surface area contributed by atoms with Gasteiger partial charge in [-0.2, -0.15) is 17.4 Å². The Morgan fingerprint density at radius 2 is 2.00 bits per heavy atom. The SMILES string of the molecule is CC(=O)C1CCCN(S(=O)(=O)NC2CC2)C1. The third-order valence-corrected chi connectivity index (χ3v) is 4.83. The highest BCUT2D eigenvalue weighted by atomic mass is 32.2. The van der Waals surface area contributed by atoms with Crippen molar-refractivity contribution in [1.29, 1.82) is 0 Å². The fourth-order valence-electron chi connectivity index (χ4n) is 1.98. The molecular formula is C10H18N2O3S. The van der Waals surface area contributed by atoms with Crippen LogP contribution in [0.2, 0.25) is 0 Å². The van der Waals surface area contributed by atoms with Crippen LogP contribution in [0.3, 0.4) is 0 Å². The van der Waals surface area contributed by atoms with Crippen molar-refractivity contribution >= 4 is 16.0 Å². The minimum absolute atomic E-state index is 0.0892. The maximum absolute atomic E-state index is 11.9. The topological polar surface area (TPSA) is 66.5 Å². The van der Waals surface area contributed by atoms with Gasteiger partial charge in [0.1, 0.15) is 5.78 Å². The molecular weight excluding hydrogens is 228 g/mol. The third kappa shape index (κ3) is 2.81. The van der Waals surface area contributed by atoms with E-state index in [0.717, 1.165) is 25.7 Å². The summed E-state index contributed by atoms with van der Waals surface area (Å²) in [7, 11) is -3.36. The number of ketones is 1. The van der Waals surface area contributed by atoms with Gasteiger partial charge in [0, 0.05) is 25.0 Å². The summed E-state index contributed by atoms with van der Waals surface area (Å²) in [6.45, 7) is 2.42. The van der Waals surface area contributed by atoms with E-state index in [-0.39, 0.29) is 17.7 Å². The maximum Gasteiger partial charge on any atom is 0.279 e. The molecule has 1 aliphatic heterocycles. The van der Waals surface area contributed by atoms with Gasteiger partial charge >= 0.3 is 0 Å². The fourth-order valence-corrected chi connectivity index (χ4v) is 3.53. The lowest BCUT2D eigenvalue weighted by atomic mass is 9.96. The second-order valence-corrected chi connectivity index (χ2v) is 6.41. The molecule has 1 heterocycles. The number of nitrogens with zero attached hydrogens (tertiary/aromatic N) is 1. The molecule has 1 saturated heterocycles. The normalized spacial score (nSPS) is 27.9. The average molecular weight is 246 g/mol. The largest absolute Gasteiger partial charge is 0.300 e. The Morgan fingerprint density at radius 3 is 2.56 bits per heavy atom. The van der Waals surface area contributed by atoms with E-state index in [1.54, 1.807) is 0 Å². The number of rotatable bonds is 4. The van der Waals surface area contributed by atoms with Gasteiger partial charge in [-0.3, -0.25) is 4.79 Å². The molecule has 1 saturated carbocycles. The van der Waals surface area contributed by atoms with Gasteiger partial charge in [-0.15, -0.1) is 0 Å². The number of carbonyl (C=O) groups is 1. The van der Waals surface area contributed by atoms with Crippen LogP contribution in [0.5, 0.6) is 0 Å². The minimum Gasteiger partial charge on any atom is -0.300 e. The van der Waals surface area contributed by atoms with Crippen molar-refractivity contribution in [2.45, 2.75) is 38.6 Å². The van der Waals surface area contributed by atoms with E-state index >= 15 is 0 Å². The number of carbonyl (C=O) groups excluding carboxylic acids is 1. The van der Waals surface area contributed by atoms with E-state index in [0.29, 0.717) is 13.1 Å². The van der Waals surface area contributed by atoms with Crippen LogP contribution in [-0.2, 0) is 15.0 Å². The lowest BCUT2D eigenvalue weighted by molar-refractivity contribution is -0.121. The summed E-state index contributed by atoms with van der Waals surface area (Å²) in [4.78, 5) is 11.3. The zero-order chi connectivity index (χ0) is 11.8. The predicted octanol–water partition coefficient (Wildman–Crippen LogP) is 0.284.